The van der Waals surface area contributed by atoms with E-state index in [0.717, 1.165) is 31.2 Å². The second kappa shape index (κ2) is 9.65. The monoisotopic (exact) mass is 415 g/mol. The van der Waals surface area contributed by atoms with Gasteiger partial charge in [-0.1, -0.05) is 49.6 Å². The van der Waals surface area contributed by atoms with Crippen LogP contribution in [0.1, 0.15) is 54.4 Å². The minimum atomic E-state index is -1.10. The Balaban J connectivity index is 1.55. The molecule has 8 heteroatoms. The van der Waals surface area contributed by atoms with Gasteiger partial charge in [0, 0.05) is 11.6 Å². The number of ether oxygens (including phenoxy) is 1. The van der Waals surface area contributed by atoms with Gasteiger partial charge < -0.3 is 10.1 Å². The van der Waals surface area contributed by atoms with Crippen molar-refractivity contribution in [2.45, 2.75) is 58.1 Å². The molecule has 2 aromatic rings. The van der Waals surface area contributed by atoms with Crippen molar-refractivity contribution in [3.8, 4) is 10.6 Å². The van der Waals surface area contributed by atoms with Crippen LogP contribution in [0.4, 0.5) is 4.79 Å². The van der Waals surface area contributed by atoms with Gasteiger partial charge in [-0.25, -0.2) is 14.6 Å². The zero-order valence-electron chi connectivity index (χ0n) is 16.6. The molecule has 0 spiro atoms. The molecule has 1 fully saturated rings. The van der Waals surface area contributed by atoms with Crippen molar-refractivity contribution < 1.29 is 19.1 Å². The lowest BCUT2D eigenvalue weighted by atomic mass is 9.96. The summed E-state index contributed by atoms with van der Waals surface area (Å²) in [6.07, 6.45) is 4.06. The molecule has 1 aliphatic rings. The predicted octanol–water partition coefficient (Wildman–Crippen LogP) is 3.82. The van der Waals surface area contributed by atoms with E-state index in [0.29, 0.717) is 15.6 Å². The lowest BCUT2D eigenvalue weighted by Gasteiger charge is -2.23. The van der Waals surface area contributed by atoms with Crippen LogP contribution >= 0.6 is 11.3 Å². The quantitative estimate of drug-likeness (QED) is 0.724. The molecule has 1 heterocycles. The molecular formula is C21H25N3O4S. The van der Waals surface area contributed by atoms with E-state index in [1.165, 1.54) is 24.7 Å². The van der Waals surface area contributed by atoms with E-state index in [-0.39, 0.29) is 6.04 Å². The average Bonchev–Trinajstić information content (AvgIpc) is 3.11. The first kappa shape index (κ1) is 21.0. The fourth-order valence-corrected chi connectivity index (χ4v) is 4.19. The number of thiazole rings is 1. The van der Waals surface area contributed by atoms with Gasteiger partial charge in [0.25, 0.3) is 5.91 Å². The van der Waals surface area contributed by atoms with E-state index in [2.05, 4.69) is 15.6 Å². The molecular weight excluding hydrogens is 390 g/mol. The number of nitrogens with zero attached hydrogens (tertiary/aromatic N) is 1. The Labute approximate surface area is 173 Å². The maximum Gasteiger partial charge on any atom is 0.351 e. The number of hydrogen-bond acceptors (Lipinski definition) is 6. The summed E-state index contributed by atoms with van der Waals surface area (Å²) in [6.45, 7) is 3.16. The molecule has 0 unspecified atom stereocenters. The SMILES string of the molecule is Cc1nc(-c2ccccc2)sc1C(=O)O[C@@H](C)C(=O)NC(=O)NC1CCCCC1. The second-order valence-corrected chi connectivity index (χ2v) is 8.14. The first-order valence-electron chi connectivity index (χ1n) is 9.79. The Morgan fingerprint density at radius 2 is 1.83 bits per heavy atom. The third-order valence-corrected chi connectivity index (χ3v) is 6.02. The fourth-order valence-electron chi connectivity index (χ4n) is 3.24. The van der Waals surface area contributed by atoms with E-state index in [9.17, 15) is 14.4 Å². The summed E-state index contributed by atoms with van der Waals surface area (Å²) in [6, 6.07) is 9.06. The molecule has 3 rings (SSSR count). The van der Waals surface area contributed by atoms with Crippen molar-refractivity contribution >= 4 is 29.2 Å². The molecule has 29 heavy (non-hydrogen) atoms. The predicted molar refractivity (Wildman–Crippen MR) is 111 cm³/mol. The van der Waals surface area contributed by atoms with Gasteiger partial charge in [0.05, 0.1) is 5.69 Å². The van der Waals surface area contributed by atoms with Gasteiger partial charge >= 0.3 is 12.0 Å². The molecule has 1 aliphatic carbocycles. The summed E-state index contributed by atoms with van der Waals surface area (Å²) in [4.78, 5) is 41.5. The van der Waals surface area contributed by atoms with Crippen LogP contribution in [0.15, 0.2) is 30.3 Å². The summed E-state index contributed by atoms with van der Waals surface area (Å²) < 4.78 is 5.26. The minimum absolute atomic E-state index is 0.0886. The van der Waals surface area contributed by atoms with Gasteiger partial charge in [0.2, 0.25) is 0 Å². The first-order chi connectivity index (χ1) is 13.9. The zero-order valence-corrected chi connectivity index (χ0v) is 17.4. The second-order valence-electron chi connectivity index (χ2n) is 7.14. The fraction of sp³-hybridized carbons (Fsp3) is 0.429. The van der Waals surface area contributed by atoms with E-state index in [1.54, 1.807) is 6.92 Å². The topological polar surface area (TPSA) is 97.4 Å². The number of amides is 3. The number of urea groups is 1. The summed E-state index contributed by atoms with van der Waals surface area (Å²) in [5.74, 6) is -1.28. The first-order valence-corrected chi connectivity index (χ1v) is 10.6. The van der Waals surface area contributed by atoms with Gasteiger partial charge in [0.1, 0.15) is 9.88 Å². The summed E-state index contributed by atoms with van der Waals surface area (Å²) in [5.41, 5.74) is 1.45. The van der Waals surface area contributed by atoms with Crippen molar-refractivity contribution in [2.75, 3.05) is 0 Å². The van der Waals surface area contributed by atoms with Gasteiger partial charge in [0.15, 0.2) is 6.10 Å². The average molecular weight is 416 g/mol. The number of benzene rings is 1. The van der Waals surface area contributed by atoms with Crippen LogP contribution in [0.5, 0.6) is 0 Å². The number of aromatic nitrogens is 1. The van der Waals surface area contributed by atoms with E-state index in [4.69, 9.17) is 4.74 Å². The number of aryl methyl sites for hydroxylation is 1. The van der Waals surface area contributed by atoms with Crippen molar-refractivity contribution in [3.63, 3.8) is 0 Å². The van der Waals surface area contributed by atoms with Crippen molar-refractivity contribution in [2.24, 2.45) is 0 Å². The standard InChI is InChI=1S/C21H25N3O4S/c1-13-17(29-19(22-13)15-9-5-3-6-10-15)20(26)28-14(2)18(25)24-21(27)23-16-11-7-4-8-12-16/h3,5-6,9-10,14,16H,4,7-8,11-12H2,1-2H3,(H2,23,24,25,27)/t14-/m0/s1. The summed E-state index contributed by atoms with van der Waals surface area (Å²) >= 11 is 1.21. The van der Waals surface area contributed by atoms with E-state index in [1.807, 2.05) is 30.3 Å². The van der Waals surface area contributed by atoms with Crippen LogP contribution in [0, 0.1) is 6.92 Å². The Morgan fingerprint density at radius 1 is 1.14 bits per heavy atom. The molecule has 0 radical (unpaired) electrons. The maximum absolute atomic E-state index is 12.5. The molecule has 3 amide bonds. The van der Waals surface area contributed by atoms with Gasteiger partial charge in [-0.05, 0) is 26.7 Å². The third-order valence-electron chi connectivity index (χ3n) is 4.83. The molecule has 7 nitrogen and oxygen atoms in total. The smallest absolute Gasteiger partial charge is 0.351 e. The largest absolute Gasteiger partial charge is 0.448 e. The summed E-state index contributed by atoms with van der Waals surface area (Å²) in [5, 5.41) is 5.76. The highest BCUT2D eigenvalue weighted by molar-refractivity contribution is 7.17. The maximum atomic E-state index is 12.5. The Hall–Kier alpha value is -2.74. The third kappa shape index (κ3) is 5.63. The Kier molecular flexibility index (Phi) is 6.98. The number of carbonyl (C=O) groups is 3. The number of hydrogen-bond donors (Lipinski definition) is 2. The van der Waals surface area contributed by atoms with E-state index >= 15 is 0 Å². The van der Waals surface area contributed by atoms with Crippen LogP contribution in [-0.2, 0) is 9.53 Å². The van der Waals surface area contributed by atoms with Crippen molar-refractivity contribution in [1.29, 1.82) is 0 Å². The number of rotatable bonds is 5. The number of imide groups is 1. The van der Waals surface area contributed by atoms with Gasteiger partial charge in [-0.3, -0.25) is 10.1 Å². The zero-order chi connectivity index (χ0) is 20.8. The van der Waals surface area contributed by atoms with Crippen molar-refractivity contribution in [1.82, 2.24) is 15.6 Å². The molecule has 1 saturated carbocycles. The molecule has 0 bridgehead atoms. The van der Waals surface area contributed by atoms with Crippen LogP contribution in [0.25, 0.3) is 10.6 Å². The van der Waals surface area contributed by atoms with Crippen molar-refractivity contribution in [3.05, 3.63) is 40.9 Å². The van der Waals surface area contributed by atoms with Crippen LogP contribution < -0.4 is 10.6 Å². The summed E-state index contributed by atoms with van der Waals surface area (Å²) in [7, 11) is 0. The molecule has 1 aromatic carbocycles. The Morgan fingerprint density at radius 3 is 2.52 bits per heavy atom. The number of carbonyl (C=O) groups excluding carboxylic acids is 3. The van der Waals surface area contributed by atoms with Gasteiger partial charge in [-0.15, -0.1) is 11.3 Å². The van der Waals surface area contributed by atoms with Crippen LogP contribution in [0.3, 0.4) is 0 Å². The van der Waals surface area contributed by atoms with Crippen LogP contribution in [0.2, 0.25) is 0 Å². The normalized spacial score (nSPS) is 15.4. The molecule has 1 atom stereocenters. The Bertz CT molecular complexity index is 875. The van der Waals surface area contributed by atoms with Gasteiger partial charge in [-0.2, -0.15) is 0 Å². The molecule has 2 N–H and O–H groups in total. The number of nitrogens with one attached hydrogen (secondary N) is 2. The van der Waals surface area contributed by atoms with Crippen LogP contribution in [-0.4, -0.2) is 35.0 Å². The highest BCUT2D eigenvalue weighted by Crippen LogP contribution is 2.28. The number of esters is 1. The lowest BCUT2D eigenvalue weighted by molar-refractivity contribution is -0.127. The molecule has 154 valence electrons. The lowest BCUT2D eigenvalue weighted by Crippen LogP contribution is -2.48. The molecule has 0 saturated heterocycles. The minimum Gasteiger partial charge on any atom is -0.448 e. The highest BCUT2D eigenvalue weighted by Gasteiger charge is 2.25. The molecule has 0 aliphatic heterocycles. The highest BCUT2D eigenvalue weighted by atomic mass is 32.1. The molecule has 1 aromatic heterocycles. The van der Waals surface area contributed by atoms with E-state index < -0.39 is 24.0 Å².